The summed E-state index contributed by atoms with van der Waals surface area (Å²) in [6.07, 6.45) is 19.2. The number of hydrogen-bond acceptors (Lipinski definition) is 1. The van der Waals surface area contributed by atoms with Gasteiger partial charge >= 0.3 is 0 Å². The first-order valence-electron chi connectivity index (χ1n) is 17.6. The molecule has 1 nitrogen and oxygen atoms in total. The average Bonchev–Trinajstić information content (AvgIpc) is 3.15. The van der Waals surface area contributed by atoms with Crippen LogP contribution >= 0.6 is 0 Å². The molecular formula is C49H49N. The first kappa shape index (κ1) is 35.8. The second-order valence-electron chi connectivity index (χ2n) is 13.2. The third kappa shape index (κ3) is 8.73. The second-order valence-corrected chi connectivity index (χ2v) is 13.2. The molecule has 4 aromatic rings. The van der Waals surface area contributed by atoms with Gasteiger partial charge in [0.25, 0.3) is 0 Å². The minimum absolute atomic E-state index is 0.343. The molecule has 0 amide bonds. The predicted molar refractivity (Wildman–Crippen MR) is 221 cm³/mol. The van der Waals surface area contributed by atoms with Crippen molar-refractivity contribution in [1.82, 2.24) is 0 Å². The van der Waals surface area contributed by atoms with Crippen LogP contribution in [0.5, 0.6) is 0 Å². The molecule has 0 bridgehead atoms. The first-order valence-corrected chi connectivity index (χ1v) is 17.6. The lowest BCUT2D eigenvalue weighted by atomic mass is 9.87. The molecule has 5 rings (SSSR count). The summed E-state index contributed by atoms with van der Waals surface area (Å²) in [5.74, 6) is 0.343. The summed E-state index contributed by atoms with van der Waals surface area (Å²) < 4.78 is 0. The molecule has 50 heavy (non-hydrogen) atoms. The molecule has 0 saturated carbocycles. The summed E-state index contributed by atoms with van der Waals surface area (Å²) in [5.41, 5.74) is 16.8. The molecule has 1 aliphatic rings. The summed E-state index contributed by atoms with van der Waals surface area (Å²) >= 11 is 0. The molecule has 0 heterocycles. The number of aliphatic imine (C=N–C) groups is 1. The molecule has 0 saturated heterocycles. The lowest BCUT2D eigenvalue weighted by Gasteiger charge is -2.17. The zero-order valence-electron chi connectivity index (χ0n) is 30.3. The second kappa shape index (κ2) is 16.7. The van der Waals surface area contributed by atoms with Gasteiger partial charge in [0.2, 0.25) is 0 Å². The van der Waals surface area contributed by atoms with Gasteiger partial charge in [0.05, 0.1) is 5.70 Å². The fourth-order valence-electron chi connectivity index (χ4n) is 6.03. The van der Waals surface area contributed by atoms with Gasteiger partial charge < -0.3 is 0 Å². The van der Waals surface area contributed by atoms with Crippen LogP contribution in [0.4, 0.5) is 0 Å². The lowest BCUT2D eigenvalue weighted by molar-refractivity contribution is 0.795. The van der Waals surface area contributed by atoms with E-state index in [2.05, 4.69) is 176 Å². The Hall–Kier alpha value is -5.53. The van der Waals surface area contributed by atoms with E-state index in [-0.39, 0.29) is 0 Å². The third-order valence-electron chi connectivity index (χ3n) is 9.47. The molecule has 0 spiro atoms. The van der Waals surface area contributed by atoms with Gasteiger partial charge in [-0.1, -0.05) is 173 Å². The van der Waals surface area contributed by atoms with Gasteiger partial charge in [-0.05, 0) is 107 Å². The van der Waals surface area contributed by atoms with Gasteiger partial charge in [-0.2, -0.15) is 0 Å². The molecule has 0 N–H and O–H groups in total. The molecule has 0 radical (unpaired) electrons. The molecule has 0 aromatic heterocycles. The van der Waals surface area contributed by atoms with Crippen molar-refractivity contribution in [2.75, 3.05) is 0 Å². The maximum absolute atomic E-state index is 5.16. The fraction of sp³-hybridized carbons (Fsp3) is 0.163. The zero-order valence-corrected chi connectivity index (χ0v) is 30.3. The SMILES string of the molecule is C=C/C=C\c1ccc(/C(=C\C(=C)C(C)C)c2ccc(C(=C)/C=C(\N=C(C)c3ccc(C4=CCCC=C4)cc3)c3ccccc3)cc2)c(C)c1C. The Balaban J connectivity index is 1.47. The number of hydrogen-bond donors (Lipinski definition) is 0. The van der Waals surface area contributed by atoms with Crippen molar-refractivity contribution >= 4 is 34.2 Å². The van der Waals surface area contributed by atoms with Crippen molar-refractivity contribution in [2.45, 2.75) is 47.5 Å². The summed E-state index contributed by atoms with van der Waals surface area (Å²) in [7, 11) is 0. The van der Waals surface area contributed by atoms with Gasteiger partial charge in [0, 0.05) is 11.3 Å². The molecule has 0 unspecified atom stereocenters. The Morgan fingerprint density at radius 1 is 0.740 bits per heavy atom. The molecule has 1 heteroatoms. The predicted octanol–water partition coefficient (Wildman–Crippen LogP) is 13.4. The minimum atomic E-state index is 0.343. The number of benzene rings is 4. The highest BCUT2D eigenvalue weighted by molar-refractivity contribution is 6.02. The molecule has 250 valence electrons. The van der Waals surface area contributed by atoms with Gasteiger partial charge in [0.1, 0.15) is 0 Å². The highest BCUT2D eigenvalue weighted by Gasteiger charge is 2.14. The van der Waals surface area contributed by atoms with Gasteiger partial charge in [-0.15, -0.1) is 0 Å². The van der Waals surface area contributed by atoms with Crippen molar-refractivity contribution in [2.24, 2.45) is 10.9 Å². The Kier molecular flexibility index (Phi) is 12.0. The summed E-state index contributed by atoms with van der Waals surface area (Å²) in [6, 6.07) is 32.2. The van der Waals surface area contributed by atoms with Crippen molar-refractivity contribution < 1.29 is 0 Å². The van der Waals surface area contributed by atoms with Crippen LogP contribution in [-0.4, -0.2) is 5.71 Å². The highest BCUT2D eigenvalue weighted by Crippen LogP contribution is 2.33. The molecule has 1 aliphatic carbocycles. The largest absolute Gasteiger partial charge is 0.252 e. The van der Waals surface area contributed by atoms with E-state index in [0.717, 1.165) is 57.7 Å². The standard InChI is InChI=1S/C49H49N/c1-9-10-17-41-30-31-47(38(7)37(41)6)48(32-35(4)34(2)3)45-28-22-40(23-29-45)36(5)33-49(46-20-15-12-16-21-46)50-39(8)42-24-26-44(27-25-42)43-18-13-11-14-19-43/h9-10,12-13,15-34H,1,4-5,11,14H2,2-3,6-8H3/b17-10-,48-32-,49-33-,50-39?. The van der Waals surface area contributed by atoms with Crippen LogP contribution in [0.1, 0.15) is 83.7 Å². The van der Waals surface area contributed by atoms with Gasteiger partial charge in [0.15, 0.2) is 0 Å². The van der Waals surface area contributed by atoms with Crippen molar-refractivity contribution in [3.63, 3.8) is 0 Å². The van der Waals surface area contributed by atoms with E-state index >= 15 is 0 Å². The van der Waals surface area contributed by atoms with Crippen LogP contribution in [-0.2, 0) is 0 Å². The smallest absolute Gasteiger partial charge is 0.0711 e. The molecule has 0 fully saturated rings. The van der Waals surface area contributed by atoms with Crippen LogP contribution in [0, 0.1) is 19.8 Å². The van der Waals surface area contributed by atoms with E-state index in [0.29, 0.717) is 5.92 Å². The van der Waals surface area contributed by atoms with Crippen molar-refractivity contribution in [3.05, 3.63) is 209 Å². The highest BCUT2D eigenvalue weighted by atomic mass is 14.8. The fourth-order valence-corrected chi connectivity index (χ4v) is 6.03. The van der Waals surface area contributed by atoms with Gasteiger partial charge in [-0.25, -0.2) is 0 Å². The number of rotatable bonds is 12. The van der Waals surface area contributed by atoms with E-state index in [1.807, 2.05) is 18.2 Å². The van der Waals surface area contributed by atoms with Crippen LogP contribution < -0.4 is 0 Å². The van der Waals surface area contributed by atoms with Crippen LogP contribution in [0.15, 0.2) is 164 Å². The van der Waals surface area contributed by atoms with E-state index in [9.17, 15) is 0 Å². The number of allylic oxidation sites excluding steroid dienone is 10. The average molecular weight is 652 g/mol. The maximum Gasteiger partial charge on any atom is 0.0711 e. The third-order valence-corrected chi connectivity index (χ3v) is 9.47. The molecule has 4 aromatic carbocycles. The summed E-state index contributed by atoms with van der Waals surface area (Å²) in [5, 5.41) is 0. The normalized spacial score (nSPS) is 13.9. The minimum Gasteiger partial charge on any atom is -0.252 e. The summed E-state index contributed by atoms with van der Waals surface area (Å²) in [4.78, 5) is 5.16. The van der Waals surface area contributed by atoms with Crippen LogP contribution in [0.2, 0.25) is 0 Å². The van der Waals surface area contributed by atoms with Crippen LogP contribution in [0.25, 0.3) is 28.5 Å². The number of nitrogens with zero attached hydrogens (tertiary/aromatic N) is 1. The van der Waals surface area contributed by atoms with Gasteiger partial charge in [-0.3, -0.25) is 4.99 Å². The van der Waals surface area contributed by atoms with Crippen LogP contribution in [0.3, 0.4) is 0 Å². The quantitative estimate of drug-likeness (QED) is 0.107. The monoisotopic (exact) mass is 651 g/mol. The van der Waals surface area contributed by atoms with E-state index < -0.39 is 0 Å². The molecule has 0 atom stereocenters. The summed E-state index contributed by atoms with van der Waals surface area (Å²) in [6.45, 7) is 23.6. The molecule has 0 aliphatic heterocycles. The van der Waals surface area contributed by atoms with Crippen molar-refractivity contribution in [3.8, 4) is 0 Å². The van der Waals surface area contributed by atoms with E-state index in [1.165, 1.54) is 39.0 Å². The van der Waals surface area contributed by atoms with E-state index in [4.69, 9.17) is 4.99 Å². The maximum atomic E-state index is 5.16. The topological polar surface area (TPSA) is 12.4 Å². The lowest BCUT2D eigenvalue weighted by Crippen LogP contribution is -1.99. The first-order chi connectivity index (χ1) is 24.2. The molecular weight excluding hydrogens is 603 g/mol. The van der Waals surface area contributed by atoms with Crippen molar-refractivity contribution in [1.29, 1.82) is 0 Å². The van der Waals surface area contributed by atoms with E-state index in [1.54, 1.807) is 0 Å². The Bertz CT molecular complexity index is 2050. The Morgan fingerprint density at radius 2 is 1.42 bits per heavy atom. The Morgan fingerprint density at radius 3 is 2.06 bits per heavy atom. The zero-order chi connectivity index (χ0) is 35.6. The Labute approximate surface area is 300 Å².